The molecule has 1 aliphatic carbocycles. The molecule has 0 fully saturated rings. The predicted octanol–water partition coefficient (Wildman–Crippen LogP) is 4.49. The summed E-state index contributed by atoms with van der Waals surface area (Å²) in [6.07, 6.45) is 8.23. The third-order valence-electron chi connectivity index (χ3n) is 5.62. The fourth-order valence-electron chi connectivity index (χ4n) is 3.83. The topological polar surface area (TPSA) is 96.7 Å². The van der Waals surface area contributed by atoms with Gasteiger partial charge in [-0.3, -0.25) is 9.88 Å². The van der Waals surface area contributed by atoms with E-state index in [-0.39, 0.29) is 23.9 Å². The van der Waals surface area contributed by atoms with E-state index in [0.29, 0.717) is 22.7 Å². The number of pyridine rings is 1. The highest BCUT2D eigenvalue weighted by Gasteiger charge is 2.33. The molecular weight excluding hydrogens is 464 g/mol. The molecule has 0 unspecified atom stereocenters. The maximum atomic E-state index is 14.6. The summed E-state index contributed by atoms with van der Waals surface area (Å²) in [7, 11) is 1.73. The van der Waals surface area contributed by atoms with Crippen LogP contribution < -0.4 is 15.5 Å². The molecule has 36 heavy (non-hydrogen) atoms. The number of aliphatic imine (C=N–C) groups is 1. The van der Waals surface area contributed by atoms with E-state index in [1.165, 1.54) is 16.0 Å². The molecule has 4 rings (SSSR count). The monoisotopic (exact) mass is 489 g/mol. The zero-order valence-corrected chi connectivity index (χ0v) is 20.1. The minimum atomic E-state index is -0.623. The molecule has 0 bridgehead atoms. The number of halogens is 2. The summed E-state index contributed by atoms with van der Waals surface area (Å²) in [5, 5.41) is 14.2. The largest absolute Gasteiger partial charge is 0.393 e. The maximum absolute atomic E-state index is 14.6. The van der Waals surface area contributed by atoms with Gasteiger partial charge in [-0.1, -0.05) is 6.58 Å². The van der Waals surface area contributed by atoms with Gasteiger partial charge in [0.25, 0.3) is 0 Å². The Kier molecular flexibility index (Phi) is 6.77. The van der Waals surface area contributed by atoms with Crippen molar-refractivity contribution >= 4 is 23.4 Å². The fraction of sp³-hybridized carbons (Fsp3) is 0.154. The molecule has 0 atom stereocenters. The molecule has 2 aromatic rings. The lowest BCUT2D eigenvalue weighted by Crippen LogP contribution is -2.51. The van der Waals surface area contributed by atoms with Crippen LogP contribution in [0.4, 0.5) is 19.3 Å². The lowest BCUT2D eigenvalue weighted by Gasteiger charge is -2.38. The summed E-state index contributed by atoms with van der Waals surface area (Å²) in [6.45, 7) is 7.57. The average molecular weight is 490 g/mol. The SMILES string of the molecule is C=C1N(Cc2cc(F)ccc2F)C(NC2=C/C(=C/NC)C(=N)C=C2C)=NC(=O)N1c1cncc(C)c1. The van der Waals surface area contributed by atoms with Crippen molar-refractivity contribution in [2.45, 2.75) is 20.4 Å². The second-order valence-electron chi connectivity index (χ2n) is 8.32. The van der Waals surface area contributed by atoms with Crippen LogP contribution in [-0.4, -0.2) is 34.6 Å². The van der Waals surface area contributed by atoms with Crippen LogP contribution in [0, 0.1) is 24.0 Å². The number of aryl methyl sites for hydroxylation is 1. The van der Waals surface area contributed by atoms with E-state index in [0.717, 1.165) is 29.3 Å². The number of hydrogen-bond acceptors (Lipinski definition) is 6. The lowest BCUT2D eigenvalue weighted by molar-refractivity contribution is 0.251. The van der Waals surface area contributed by atoms with Gasteiger partial charge in [-0.2, -0.15) is 4.99 Å². The molecular formula is C26H25F2N7O. The standard InChI is InChI=1S/C26H25F2N7O/c1-15-7-21(13-31-11-15)35-17(3)34(14-19-9-20(27)5-6-22(19)28)25(33-26(35)36)32-24-10-18(12-30-4)23(29)8-16(24)2/h5-13,29-30H,3,14H2,1-2,4H3,(H,32,33,36)/b18-12-,29-23?. The Labute approximate surface area is 207 Å². The molecule has 2 amide bonds. The summed E-state index contributed by atoms with van der Waals surface area (Å²) in [4.78, 5) is 24.3. The number of carbonyl (C=O) groups is 1. The Hall–Kier alpha value is -4.60. The second kappa shape index (κ2) is 9.95. The van der Waals surface area contributed by atoms with Gasteiger partial charge in [0.05, 0.1) is 24.1 Å². The summed E-state index contributed by atoms with van der Waals surface area (Å²) in [6, 6.07) is 4.31. The van der Waals surface area contributed by atoms with Crippen LogP contribution in [-0.2, 0) is 6.54 Å². The van der Waals surface area contributed by atoms with E-state index in [9.17, 15) is 13.6 Å². The van der Waals surface area contributed by atoms with Gasteiger partial charge in [-0.05, 0) is 61.4 Å². The Morgan fingerprint density at radius 3 is 2.67 bits per heavy atom. The zero-order valence-electron chi connectivity index (χ0n) is 20.1. The number of amides is 2. The first-order chi connectivity index (χ1) is 17.2. The van der Waals surface area contributed by atoms with Gasteiger partial charge >= 0.3 is 6.03 Å². The van der Waals surface area contributed by atoms with Gasteiger partial charge in [0.2, 0.25) is 5.96 Å². The third kappa shape index (κ3) is 4.92. The van der Waals surface area contributed by atoms with Crippen molar-refractivity contribution in [1.82, 2.24) is 20.5 Å². The number of hydrogen-bond donors (Lipinski definition) is 3. The minimum Gasteiger partial charge on any atom is -0.393 e. The predicted molar refractivity (Wildman–Crippen MR) is 135 cm³/mol. The summed E-state index contributed by atoms with van der Waals surface area (Å²) in [5.41, 5.74) is 3.57. The Morgan fingerprint density at radius 1 is 1.17 bits per heavy atom. The quantitative estimate of drug-likeness (QED) is 0.575. The highest BCUT2D eigenvalue weighted by Crippen LogP contribution is 2.28. The Balaban J connectivity index is 1.77. The van der Waals surface area contributed by atoms with Gasteiger partial charge in [0, 0.05) is 36.3 Å². The first-order valence-corrected chi connectivity index (χ1v) is 11.1. The molecule has 1 aromatic carbocycles. The van der Waals surface area contributed by atoms with E-state index < -0.39 is 17.7 Å². The Morgan fingerprint density at radius 2 is 1.94 bits per heavy atom. The van der Waals surface area contributed by atoms with Crippen LogP contribution in [0.15, 0.2) is 89.2 Å². The average Bonchev–Trinajstić information content (AvgIpc) is 2.81. The van der Waals surface area contributed by atoms with Crippen LogP contribution >= 0.6 is 0 Å². The van der Waals surface area contributed by atoms with Gasteiger partial charge in [0.15, 0.2) is 0 Å². The van der Waals surface area contributed by atoms with Crippen molar-refractivity contribution in [3.63, 3.8) is 0 Å². The van der Waals surface area contributed by atoms with Crippen LogP contribution in [0.5, 0.6) is 0 Å². The first kappa shape index (κ1) is 24.5. The number of carbonyl (C=O) groups excluding carboxylic acids is 1. The van der Waals surface area contributed by atoms with Gasteiger partial charge < -0.3 is 16.0 Å². The maximum Gasteiger partial charge on any atom is 0.357 e. The molecule has 10 heteroatoms. The number of benzene rings is 1. The highest BCUT2D eigenvalue weighted by atomic mass is 19.1. The molecule has 1 aromatic heterocycles. The number of aromatic nitrogens is 1. The van der Waals surface area contributed by atoms with Crippen LogP contribution in [0.3, 0.4) is 0 Å². The number of urea groups is 1. The molecule has 3 N–H and O–H groups in total. The smallest absolute Gasteiger partial charge is 0.357 e. The van der Waals surface area contributed by atoms with Crippen LogP contribution in [0.1, 0.15) is 18.1 Å². The van der Waals surface area contributed by atoms with E-state index in [2.05, 4.69) is 27.2 Å². The summed E-state index contributed by atoms with van der Waals surface area (Å²) < 4.78 is 28.5. The van der Waals surface area contributed by atoms with E-state index in [4.69, 9.17) is 5.41 Å². The molecule has 0 spiro atoms. The molecule has 0 saturated carbocycles. The number of allylic oxidation sites excluding steroid dienone is 4. The van der Waals surface area contributed by atoms with Crippen molar-refractivity contribution in [2.75, 3.05) is 11.9 Å². The number of rotatable bonds is 5. The van der Waals surface area contributed by atoms with Gasteiger partial charge in [-0.15, -0.1) is 0 Å². The van der Waals surface area contributed by atoms with Crippen molar-refractivity contribution in [2.24, 2.45) is 4.99 Å². The molecule has 0 radical (unpaired) electrons. The molecule has 2 heterocycles. The molecule has 1 aliphatic heterocycles. The second-order valence-corrected chi connectivity index (χ2v) is 8.32. The number of anilines is 1. The van der Waals surface area contributed by atoms with Crippen molar-refractivity contribution < 1.29 is 13.6 Å². The minimum absolute atomic E-state index is 0.0600. The fourth-order valence-corrected chi connectivity index (χ4v) is 3.83. The third-order valence-corrected chi connectivity index (χ3v) is 5.62. The normalized spacial score (nSPS) is 17.2. The molecule has 184 valence electrons. The number of nitrogens with one attached hydrogen (secondary N) is 3. The lowest BCUT2D eigenvalue weighted by atomic mass is 9.99. The van der Waals surface area contributed by atoms with Crippen molar-refractivity contribution in [3.8, 4) is 0 Å². The van der Waals surface area contributed by atoms with E-state index >= 15 is 0 Å². The zero-order chi connectivity index (χ0) is 26.0. The molecule has 8 nitrogen and oxygen atoms in total. The Bertz CT molecular complexity index is 1390. The van der Waals surface area contributed by atoms with Gasteiger partial charge in [-0.25, -0.2) is 18.5 Å². The van der Waals surface area contributed by atoms with Crippen LogP contribution in [0.2, 0.25) is 0 Å². The van der Waals surface area contributed by atoms with Crippen molar-refractivity contribution in [3.05, 3.63) is 107 Å². The summed E-state index contributed by atoms with van der Waals surface area (Å²) in [5.74, 6) is -0.928. The molecule has 0 saturated heterocycles. The van der Waals surface area contributed by atoms with E-state index in [1.54, 1.807) is 37.7 Å². The highest BCUT2D eigenvalue weighted by molar-refractivity contribution is 6.11. The van der Waals surface area contributed by atoms with Crippen molar-refractivity contribution in [1.29, 1.82) is 5.41 Å². The van der Waals surface area contributed by atoms with Crippen LogP contribution in [0.25, 0.3) is 0 Å². The molecule has 2 aliphatic rings. The van der Waals surface area contributed by atoms with E-state index in [1.807, 2.05) is 13.8 Å². The summed E-state index contributed by atoms with van der Waals surface area (Å²) >= 11 is 0. The first-order valence-electron chi connectivity index (χ1n) is 11.1. The number of guanidine groups is 1. The van der Waals surface area contributed by atoms with Gasteiger partial charge in [0.1, 0.15) is 17.5 Å². The number of nitrogens with zero attached hydrogens (tertiary/aromatic N) is 4.